The van der Waals surface area contributed by atoms with Crippen molar-refractivity contribution in [2.24, 2.45) is 0 Å². The van der Waals surface area contributed by atoms with Gasteiger partial charge in [0, 0.05) is 30.2 Å². The third-order valence-corrected chi connectivity index (χ3v) is 5.34. The van der Waals surface area contributed by atoms with Gasteiger partial charge in [-0.05, 0) is 56.3 Å². The minimum absolute atomic E-state index is 0.595. The molecule has 2 aromatic carbocycles. The molecule has 0 aliphatic carbocycles. The summed E-state index contributed by atoms with van der Waals surface area (Å²) in [6, 6.07) is 16.3. The minimum Gasteiger partial charge on any atom is -0.419 e. The Morgan fingerprint density at radius 3 is 2.43 bits per heavy atom. The molecule has 3 aromatic rings. The number of halogens is 1. The van der Waals surface area contributed by atoms with Crippen LogP contribution in [0.25, 0.3) is 11.5 Å². The fourth-order valence-electron chi connectivity index (χ4n) is 3.59. The highest BCUT2D eigenvalue weighted by Crippen LogP contribution is 2.20. The van der Waals surface area contributed by atoms with Crippen molar-refractivity contribution in [3.63, 3.8) is 0 Å². The molecule has 146 valence electrons. The van der Waals surface area contributed by atoms with Crippen LogP contribution in [0.4, 0.5) is 0 Å². The smallest absolute Gasteiger partial charge is 0.247 e. The Morgan fingerprint density at radius 2 is 1.68 bits per heavy atom. The first-order valence-corrected chi connectivity index (χ1v) is 10.1. The molecule has 0 radical (unpaired) electrons. The number of nitrogens with zero attached hydrogens (tertiary/aromatic N) is 4. The molecule has 6 heteroatoms. The average molecular weight is 397 g/mol. The molecule has 1 saturated heterocycles. The lowest BCUT2D eigenvalue weighted by molar-refractivity contribution is 0.232. The Labute approximate surface area is 170 Å². The van der Waals surface area contributed by atoms with Gasteiger partial charge in [-0.3, -0.25) is 9.80 Å². The van der Waals surface area contributed by atoms with Crippen LogP contribution in [0.5, 0.6) is 0 Å². The summed E-state index contributed by atoms with van der Waals surface area (Å²) in [6.45, 7) is 7.89. The fraction of sp³-hybridized carbons (Fsp3) is 0.364. The van der Waals surface area contributed by atoms with Gasteiger partial charge in [0.1, 0.15) is 0 Å². The summed E-state index contributed by atoms with van der Waals surface area (Å²) in [7, 11) is 0. The monoisotopic (exact) mass is 396 g/mol. The quantitative estimate of drug-likeness (QED) is 0.639. The standard InChI is InChI=1S/C22H25ClN4O/c1-17-4-2-5-19(14-17)22-25-24-21(28-22)16-27-11-3-10-26(12-13-27)15-18-6-8-20(23)9-7-18/h2,4-9,14H,3,10-13,15-16H2,1H3. The molecular formula is C22H25ClN4O. The van der Waals surface area contributed by atoms with Crippen LogP contribution in [-0.2, 0) is 13.1 Å². The predicted octanol–water partition coefficient (Wildman–Crippen LogP) is 4.41. The van der Waals surface area contributed by atoms with Crippen LogP contribution in [0.15, 0.2) is 52.9 Å². The maximum atomic E-state index is 5.98. The maximum Gasteiger partial charge on any atom is 0.247 e. The highest BCUT2D eigenvalue weighted by Gasteiger charge is 2.18. The molecule has 0 unspecified atom stereocenters. The van der Waals surface area contributed by atoms with Crippen LogP contribution in [0.2, 0.25) is 5.02 Å². The topological polar surface area (TPSA) is 45.4 Å². The van der Waals surface area contributed by atoms with Gasteiger partial charge in [-0.15, -0.1) is 10.2 Å². The van der Waals surface area contributed by atoms with Crippen LogP contribution in [0, 0.1) is 6.92 Å². The summed E-state index contributed by atoms with van der Waals surface area (Å²) in [5.74, 6) is 1.28. The zero-order valence-electron chi connectivity index (χ0n) is 16.1. The highest BCUT2D eigenvalue weighted by molar-refractivity contribution is 6.30. The Morgan fingerprint density at radius 1 is 0.929 bits per heavy atom. The molecule has 1 aliphatic heterocycles. The molecule has 1 fully saturated rings. The number of hydrogen-bond donors (Lipinski definition) is 0. The minimum atomic E-state index is 0.595. The van der Waals surface area contributed by atoms with E-state index in [-0.39, 0.29) is 0 Å². The van der Waals surface area contributed by atoms with Gasteiger partial charge in [0.05, 0.1) is 6.54 Å². The molecule has 0 N–H and O–H groups in total. The van der Waals surface area contributed by atoms with Crippen molar-refractivity contribution < 1.29 is 4.42 Å². The number of aryl methyl sites for hydroxylation is 1. The van der Waals surface area contributed by atoms with Crippen molar-refractivity contribution >= 4 is 11.6 Å². The second-order valence-corrected chi connectivity index (χ2v) is 7.84. The molecule has 0 bridgehead atoms. The first-order valence-electron chi connectivity index (χ1n) is 9.74. The van der Waals surface area contributed by atoms with E-state index < -0.39 is 0 Å². The Kier molecular flexibility index (Phi) is 6.05. The van der Waals surface area contributed by atoms with Crippen LogP contribution >= 0.6 is 11.6 Å². The van der Waals surface area contributed by atoms with Gasteiger partial charge in [-0.25, -0.2) is 0 Å². The number of hydrogen-bond acceptors (Lipinski definition) is 5. The summed E-state index contributed by atoms with van der Waals surface area (Å²) < 4.78 is 5.91. The molecule has 1 aliphatic rings. The summed E-state index contributed by atoms with van der Waals surface area (Å²) >= 11 is 5.98. The van der Waals surface area contributed by atoms with Crippen molar-refractivity contribution in [1.29, 1.82) is 0 Å². The maximum absolute atomic E-state index is 5.98. The van der Waals surface area contributed by atoms with Gasteiger partial charge in [-0.1, -0.05) is 41.4 Å². The molecule has 0 saturated carbocycles. The van der Waals surface area contributed by atoms with Crippen molar-refractivity contribution in [2.45, 2.75) is 26.4 Å². The summed E-state index contributed by atoms with van der Waals surface area (Å²) in [5.41, 5.74) is 3.46. The van der Waals surface area contributed by atoms with Crippen molar-refractivity contribution in [3.05, 3.63) is 70.6 Å². The number of aromatic nitrogens is 2. The van der Waals surface area contributed by atoms with Crippen LogP contribution in [-0.4, -0.2) is 46.2 Å². The molecular weight excluding hydrogens is 372 g/mol. The van der Waals surface area contributed by atoms with Crippen LogP contribution < -0.4 is 0 Å². The largest absolute Gasteiger partial charge is 0.419 e. The van der Waals surface area contributed by atoms with Gasteiger partial charge in [0.2, 0.25) is 11.8 Å². The molecule has 2 heterocycles. The Balaban J connectivity index is 1.33. The molecule has 0 atom stereocenters. The van der Waals surface area contributed by atoms with E-state index in [2.05, 4.69) is 51.2 Å². The van der Waals surface area contributed by atoms with E-state index in [0.29, 0.717) is 18.3 Å². The third-order valence-electron chi connectivity index (χ3n) is 5.09. The van der Waals surface area contributed by atoms with Crippen molar-refractivity contribution in [3.8, 4) is 11.5 Å². The lowest BCUT2D eigenvalue weighted by Crippen LogP contribution is -2.30. The zero-order chi connectivity index (χ0) is 19.3. The number of benzene rings is 2. The first kappa shape index (κ1) is 19.1. The second-order valence-electron chi connectivity index (χ2n) is 7.40. The van der Waals surface area contributed by atoms with E-state index in [1.807, 2.05) is 24.3 Å². The summed E-state index contributed by atoms with van der Waals surface area (Å²) in [5, 5.41) is 9.27. The van der Waals surface area contributed by atoms with Gasteiger partial charge < -0.3 is 4.42 Å². The van der Waals surface area contributed by atoms with Crippen LogP contribution in [0.1, 0.15) is 23.4 Å². The molecule has 0 amide bonds. The lowest BCUT2D eigenvalue weighted by Gasteiger charge is -2.21. The van der Waals surface area contributed by atoms with Gasteiger partial charge >= 0.3 is 0 Å². The number of rotatable bonds is 5. The molecule has 28 heavy (non-hydrogen) atoms. The highest BCUT2D eigenvalue weighted by atomic mass is 35.5. The van der Waals surface area contributed by atoms with E-state index in [9.17, 15) is 0 Å². The SMILES string of the molecule is Cc1cccc(-c2nnc(CN3CCCN(Cc4ccc(Cl)cc4)CC3)o2)c1. The second kappa shape index (κ2) is 8.86. The van der Waals surface area contributed by atoms with Gasteiger partial charge in [-0.2, -0.15) is 0 Å². The normalized spacial score (nSPS) is 16.2. The molecule has 0 spiro atoms. The molecule has 4 rings (SSSR count). The van der Waals surface area contributed by atoms with Crippen LogP contribution in [0.3, 0.4) is 0 Å². The van der Waals surface area contributed by atoms with E-state index in [1.54, 1.807) is 0 Å². The van der Waals surface area contributed by atoms with E-state index >= 15 is 0 Å². The van der Waals surface area contributed by atoms with E-state index in [4.69, 9.17) is 16.0 Å². The Bertz CT molecular complexity index is 909. The van der Waals surface area contributed by atoms with Gasteiger partial charge in [0.25, 0.3) is 0 Å². The molecule has 1 aromatic heterocycles. The van der Waals surface area contributed by atoms with Crippen molar-refractivity contribution in [1.82, 2.24) is 20.0 Å². The summed E-state index contributed by atoms with van der Waals surface area (Å²) in [6.07, 6.45) is 1.13. The summed E-state index contributed by atoms with van der Waals surface area (Å²) in [4.78, 5) is 4.89. The third kappa shape index (κ3) is 4.98. The average Bonchev–Trinajstić information content (AvgIpc) is 3.05. The first-order chi connectivity index (χ1) is 13.7. The zero-order valence-corrected chi connectivity index (χ0v) is 16.9. The van der Waals surface area contributed by atoms with Gasteiger partial charge in [0.15, 0.2) is 0 Å². The molecule has 5 nitrogen and oxygen atoms in total. The van der Waals surface area contributed by atoms with Crippen molar-refractivity contribution in [2.75, 3.05) is 26.2 Å². The fourth-order valence-corrected chi connectivity index (χ4v) is 3.72. The predicted molar refractivity (Wildman–Crippen MR) is 111 cm³/mol. The van der Waals surface area contributed by atoms with E-state index in [0.717, 1.165) is 49.7 Å². The Hall–Kier alpha value is -2.21. The lowest BCUT2D eigenvalue weighted by atomic mass is 10.1. The van der Waals surface area contributed by atoms with E-state index in [1.165, 1.54) is 11.1 Å².